The molecule has 0 unspecified atom stereocenters. The van der Waals surface area contributed by atoms with Crippen molar-refractivity contribution in [3.63, 3.8) is 0 Å². The molecule has 182 valence electrons. The molecule has 3 aromatic rings. The van der Waals surface area contributed by atoms with Crippen molar-refractivity contribution in [3.05, 3.63) is 97.2 Å². The minimum absolute atomic E-state index is 0.110. The van der Waals surface area contributed by atoms with E-state index in [0.717, 1.165) is 17.5 Å². The van der Waals surface area contributed by atoms with Crippen LogP contribution in [0.2, 0.25) is 0 Å². The number of rotatable bonds is 5. The summed E-state index contributed by atoms with van der Waals surface area (Å²) in [4.78, 5) is 42.9. The highest BCUT2D eigenvalue weighted by Gasteiger charge is 2.36. The zero-order valence-electron chi connectivity index (χ0n) is 20.4. The molecule has 4 rings (SSSR count). The van der Waals surface area contributed by atoms with E-state index in [9.17, 15) is 19.7 Å². The second-order valence-electron chi connectivity index (χ2n) is 9.77. The average molecular weight is 492 g/mol. The van der Waals surface area contributed by atoms with Crippen molar-refractivity contribution >= 4 is 28.8 Å². The summed E-state index contributed by atoms with van der Waals surface area (Å²) in [7, 11) is 0. The molecular formula is C27H29N3O4S. The van der Waals surface area contributed by atoms with Crippen molar-refractivity contribution in [3.8, 4) is 0 Å². The lowest BCUT2D eigenvalue weighted by Gasteiger charge is -2.40. The Hall–Kier alpha value is -3.52. The van der Waals surface area contributed by atoms with Crippen LogP contribution in [0.5, 0.6) is 0 Å². The molecule has 0 radical (unpaired) electrons. The standard InChI is InChI=1S/C27H29N3O4S/c1-18-10-11-20(16-22(18)30(33)34)26(32)29(27(2,3)4)17-24(31)28-14-12-23-21(13-15-35-23)25(28)19-8-6-5-7-9-19/h5-11,13,15-16,25H,12,14,17H2,1-4H3/t25-/m1/s1. The van der Waals surface area contributed by atoms with Gasteiger partial charge in [-0.25, -0.2) is 0 Å². The summed E-state index contributed by atoms with van der Waals surface area (Å²) in [6.07, 6.45) is 0.774. The molecule has 2 heterocycles. The molecule has 1 atom stereocenters. The molecule has 7 nitrogen and oxygen atoms in total. The summed E-state index contributed by atoms with van der Waals surface area (Å²) in [6.45, 7) is 7.67. The van der Waals surface area contributed by atoms with Crippen LogP contribution >= 0.6 is 11.3 Å². The van der Waals surface area contributed by atoms with Gasteiger partial charge in [-0.05, 0) is 62.8 Å². The number of fused-ring (bicyclic) bond motifs is 1. The fraction of sp³-hybridized carbons (Fsp3) is 0.333. The van der Waals surface area contributed by atoms with Gasteiger partial charge in [-0.15, -0.1) is 11.3 Å². The topological polar surface area (TPSA) is 83.8 Å². The summed E-state index contributed by atoms with van der Waals surface area (Å²) < 4.78 is 0. The van der Waals surface area contributed by atoms with Crippen molar-refractivity contribution in [1.82, 2.24) is 9.80 Å². The lowest BCUT2D eigenvalue weighted by Crippen LogP contribution is -2.52. The third-order valence-corrected chi connectivity index (χ3v) is 7.40. The van der Waals surface area contributed by atoms with Crippen molar-refractivity contribution in [2.24, 2.45) is 0 Å². The number of benzene rings is 2. The lowest BCUT2D eigenvalue weighted by atomic mass is 9.93. The van der Waals surface area contributed by atoms with Gasteiger partial charge in [0.05, 0.1) is 11.0 Å². The number of nitro benzene ring substituents is 1. The molecule has 0 saturated heterocycles. The van der Waals surface area contributed by atoms with E-state index in [1.54, 1.807) is 30.4 Å². The Kier molecular flexibility index (Phi) is 6.76. The first-order valence-electron chi connectivity index (χ1n) is 11.6. The average Bonchev–Trinajstić information content (AvgIpc) is 3.30. The van der Waals surface area contributed by atoms with E-state index in [0.29, 0.717) is 12.1 Å². The quantitative estimate of drug-likeness (QED) is 0.354. The third-order valence-electron chi connectivity index (χ3n) is 6.40. The zero-order valence-corrected chi connectivity index (χ0v) is 21.2. The molecule has 1 aliphatic rings. The number of amides is 2. The Balaban J connectivity index is 1.66. The van der Waals surface area contributed by atoms with Gasteiger partial charge < -0.3 is 9.80 Å². The molecule has 0 aliphatic carbocycles. The molecule has 0 N–H and O–H groups in total. The zero-order chi connectivity index (χ0) is 25.3. The summed E-state index contributed by atoms with van der Waals surface area (Å²) in [5.41, 5.74) is 2.06. The minimum atomic E-state index is -0.669. The first kappa shape index (κ1) is 24.6. The van der Waals surface area contributed by atoms with Crippen LogP contribution in [-0.4, -0.2) is 45.2 Å². The molecule has 35 heavy (non-hydrogen) atoms. The van der Waals surface area contributed by atoms with E-state index >= 15 is 0 Å². The normalized spacial score (nSPS) is 15.4. The van der Waals surface area contributed by atoms with Gasteiger partial charge in [0, 0.05) is 34.2 Å². The highest BCUT2D eigenvalue weighted by atomic mass is 32.1. The molecule has 2 amide bonds. The van der Waals surface area contributed by atoms with Crippen molar-refractivity contribution in [2.75, 3.05) is 13.1 Å². The Morgan fingerprint density at radius 2 is 1.86 bits per heavy atom. The Morgan fingerprint density at radius 3 is 2.51 bits per heavy atom. The van der Waals surface area contributed by atoms with Crippen LogP contribution in [0.25, 0.3) is 0 Å². The predicted octanol–water partition coefficient (Wildman–Crippen LogP) is 5.38. The van der Waals surface area contributed by atoms with Crippen molar-refractivity contribution < 1.29 is 14.5 Å². The number of hydrogen-bond donors (Lipinski definition) is 0. The Morgan fingerprint density at radius 1 is 1.14 bits per heavy atom. The smallest absolute Gasteiger partial charge is 0.273 e. The first-order chi connectivity index (χ1) is 16.6. The van der Waals surface area contributed by atoms with Gasteiger partial charge in [0.15, 0.2) is 0 Å². The predicted molar refractivity (Wildman–Crippen MR) is 137 cm³/mol. The molecule has 0 saturated carbocycles. The number of carbonyl (C=O) groups excluding carboxylic acids is 2. The van der Waals surface area contributed by atoms with Crippen LogP contribution in [0.15, 0.2) is 60.0 Å². The van der Waals surface area contributed by atoms with Gasteiger partial charge in [-0.2, -0.15) is 0 Å². The van der Waals surface area contributed by atoms with E-state index in [2.05, 4.69) is 11.4 Å². The van der Waals surface area contributed by atoms with E-state index in [1.165, 1.54) is 15.8 Å². The number of thiophene rings is 1. The van der Waals surface area contributed by atoms with E-state index in [4.69, 9.17) is 0 Å². The maximum atomic E-state index is 13.8. The van der Waals surface area contributed by atoms with Gasteiger partial charge in [-0.1, -0.05) is 36.4 Å². The number of nitrogens with zero attached hydrogens (tertiary/aromatic N) is 3. The lowest BCUT2D eigenvalue weighted by molar-refractivity contribution is -0.385. The third kappa shape index (κ3) is 4.98. The van der Waals surface area contributed by atoms with Gasteiger partial charge in [-0.3, -0.25) is 19.7 Å². The monoisotopic (exact) mass is 491 g/mol. The molecule has 8 heteroatoms. The van der Waals surface area contributed by atoms with Gasteiger partial charge >= 0.3 is 0 Å². The molecule has 1 aromatic heterocycles. The summed E-state index contributed by atoms with van der Waals surface area (Å²) >= 11 is 1.71. The first-order valence-corrected chi connectivity index (χ1v) is 12.4. The van der Waals surface area contributed by atoms with E-state index in [-0.39, 0.29) is 29.7 Å². The highest BCUT2D eigenvalue weighted by molar-refractivity contribution is 7.10. The minimum Gasteiger partial charge on any atom is -0.330 e. The molecule has 1 aliphatic heterocycles. The molecule has 2 aromatic carbocycles. The molecule has 0 spiro atoms. The Labute approximate surface area is 209 Å². The van der Waals surface area contributed by atoms with Crippen LogP contribution < -0.4 is 0 Å². The fourth-order valence-electron chi connectivity index (χ4n) is 4.51. The second-order valence-corrected chi connectivity index (χ2v) is 10.8. The largest absolute Gasteiger partial charge is 0.330 e. The molecular weight excluding hydrogens is 462 g/mol. The van der Waals surface area contributed by atoms with Gasteiger partial charge in [0.2, 0.25) is 5.91 Å². The summed E-state index contributed by atoms with van der Waals surface area (Å²) in [5, 5.41) is 13.5. The number of nitro groups is 1. The van der Waals surface area contributed by atoms with E-state index in [1.807, 2.05) is 56.0 Å². The fourth-order valence-corrected chi connectivity index (χ4v) is 5.42. The maximum absolute atomic E-state index is 13.8. The number of carbonyl (C=O) groups is 2. The van der Waals surface area contributed by atoms with Crippen LogP contribution in [0, 0.1) is 17.0 Å². The van der Waals surface area contributed by atoms with Crippen LogP contribution in [0.4, 0.5) is 5.69 Å². The summed E-state index contributed by atoms with van der Waals surface area (Å²) in [5.74, 6) is -0.556. The number of aryl methyl sites for hydroxylation is 1. The molecule has 0 fully saturated rings. The van der Waals surface area contributed by atoms with E-state index < -0.39 is 16.4 Å². The highest BCUT2D eigenvalue weighted by Crippen LogP contribution is 2.38. The van der Waals surface area contributed by atoms with Crippen LogP contribution in [0.1, 0.15) is 58.7 Å². The van der Waals surface area contributed by atoms with Crippen LogP contribution in [-0.2, 0) is 11.2 Å². The van der Waals surface area contributed by atoms with Crippen molar-refractivity contribution in [2.45, 2.75) is 45.7 Å². The second kappa shape index (κ2) is 9.62. The molecule has 0 bridgehead atoms. The maximum Gasteiger partial charge on any atom is 0.273 e. The van der Waals surface area contributed by atoms with Gasteiger partial charge in [0.1, 0.15) is 6.54 Å². The van der Waals surface area contributed by atoms with Gasteiger partial charge in [0.25, 0.3) is 11.6 Å². The SMILES string of the molecule is Cc1ccc(C(=O)N(CC(=O)N2CCc3sccc3[C@H]2c2ccccc2)C(C)(C)C)cc1[N+](=O)[O-]. The van der Waals surface area contributed by atoms with Crippen LogP contribution in [0.3, 0.4) is 0 Å². The van der Waals surface area contributed by atoms with Crippen molar-refractivity contribution in [1.29, 1.82) is 0 Å². The number of hydrogen-bond acceptors (Lipinski definition) is 5. The Bertz CT molecular complexity index is 1260. The summed E-state index contributed by atoms with van der Waals surface area (Å²) in [6, 6.07) is 16.3.